The number of hydrogen-bond donors (Lipinski definition) is 0. The Balaban J connectivity index is 1.66. The van der Waals surface area contributed by atoms with E-state index in [9.17, 15) is 0 Å². The van der Waals surface area contributed by atoms with Gasteiger partial charge >= 0.3 is 0 Å². The van der Waals surface area contributed by atoms with Gasteiger partial charge in [0.2, 0.25) is 0 Å². The first-order valence-electron chi connectivity index (χ1n) is 9.15. The second-order valence-corrected chi connectivity index (χ2v) is 8.05. The van der Waals surface area contributed by atoms with E-state index in [1.807, 2.05) is 0 Å². The van der Waals surface area contributed by atoms with Crippen LogP contribution in [0.4, 0.5) is 0 Å². The minimum Gasteiger partial charge on any atom is -0.299 e. The lowest BCUT2D eigenvalue weighted by Crippen LogP contribution is -2.58. The maximum absolute atomic E-state index is 2.72. The molecule has 0 amide bonds. The van der Waals surface area contributed by atoms with E-state index >= 15 is 0 Å². The molecule has 1 heterocycles. The zero-order valence-electron chi connectivity index (χ0n) is 15.1. The topological polar surface area (TPSA) is 6.48 Å². The zero-order chi connectivity index (χ0) is 16.7. The molecule has 2 aromatic rings. The molecule has 0 radical (unpaired) electrons. The average molecular weight is 320 g/mol. The molecule has 1 aliphatic heterocycles. The van der Waals surface area contributed by atoms with Gasteiger partial charge in [-0.15, -0.1) is 0 Å². The van der Waals surface area contributed by atoms with Crippen molar-refractivity contribution in [3.63, 3.8) is 0 Å². The van der Waals surface area contributed by atoms with Crippen molar-refractivity contribution in [3.8, 4) is 0 Å². The van der Waals surface area contributed by atoms with Crippen LogP contribution in [0.25, 0.3) is 0 Å². The van der Waals surface area contributed by atoms with Gasteiger partial charge in [-0.1, -0.05) is 54.6 Å². The summed E-state index contributed by atoms with van der Waals surface area (Å²) in [5, 5.41) is 0. The summed E-state index contributed by atoms with van der Waals surface area (Å²) in [6.07, 6.45) is 1.21. The lowest BCUT2D eigenvalue weighted by Gasteiger charge is -2.47. The van der Waals surface area contributed by atoms with Gasteiger partial charge in [-0.2, -0.15) is 0 Å². The van der Waals surface area contributed by atoms with Gasteiger partial charge in [0.15, 0.2) is 0 Å². The third-order valence-electron chi connectivity index (χ3n) is 6.18. The summed E-state index contributed by atoms with van der Waals surface area (Å²) < 4.78 is 0. The fourth-order valence-electron chi connectivity index (χ4n) is 4.50. The SMILES string of the molecule is CN1CCN([C@@H]2C[C@@H](c3ccccc3)c3ccccc32)CC1(C)C. The van der Waals surface area contributed by atoms with E-state index in [-0.39, 0.29) is 5.54 Å². The standard InChI is InChI=1S/C22H28N2/c1-22(2)16-24(14-13-23(22)3)21-15-20(17-9-5-4-6-10-17)18-11-7-8-12-19(18)21/h4-12,20-21H,13-16H2,1-3H3/t20-,21+/m0/s1. The van der Waals surface area contributed by atoms with Crippen molar-refractivity contribution in [3.05, 3.63) is 71.3 Å². The van der Waals surface area contributed by atoms with Crippen molar-refractivity contribution in [2.45, 2.75) is 37.8 Å². The summed E-state index contributed by atoms with van der Waals surface area (Å²) in [6, 6.07) is 20.7. The summed E-state index contributed by atoms with van der Waals surface area (Å²) in [5.41, 5.74) is 4.79. The Morgan fingerprint density at radius 3 is 2.25 bits per heavy atom. The van der Waals surface area contributed by atoms with Crippen LogP contribution in [0.5, 0.6) is 0 Å². The molecular weight excluding hydrogens is 292 g/mol. The highest BCUT2D eigenvalue weighted by Crippen LogP contribution is 2.47. The molecule has 2 nitrogen and oxygen atoms in total. The molecule has 0 saturated carbocycles. The van der Waals surface area contributed by atoms with E-state index in [1.165, 1.54) is 24.1 Å². The number of fused-ring (bicyclic) bond motifs is 1. The Hall–Kier alpha value is -1.64. The number of nitrogens with zero attached hydrogens (tertiary/aromatic N) is 2. The molecular formula is C22H28N2. The fraction of sp³-hybridized carbons (Fsp3) is 0.455. The second-order valence-electron chi connectivity index (χ2n) is 8.05. The quantitative estimate of drug-likeness (QED) is 0.814. The van der Waals surface area contributed by atoms with E-state index in [0.717, 1.165) is 13.1 Å². The average Bonchev–Trinajstić information content (AvgIpc) is 2.98. The molecule has 0 N–H and O–H groups in total. The summed E-state index contributed by atoms with van der Waals surface area (Å²) in [7, 11) is 2.26. The van der Waals surface area contributed by atoms with Crippen LogP contribution >= 0.6 is 0 Å². The van der Waals surface area contributed by atoms with Gasteiger partial charge in [-0.3, -0.25) is 9.80 Å². The van der Waals surface area contributed by atoms with Gasteiger partial charge in [-0.25, -0.2) is 0 Å². The molecule has 1 fully saturated rings. The number of benzene rings is 2. The van der Waals surface area contributed by atoms with Crippen LogP contribution in [-0.4, -0.2) is 42.0 Å². The van der Waals surface area contributed by atoms with E-state index in [1.54, 1.807) is 5.56 Å². The Morgan fingerprint density at radius 2 is 1.54 bits per heavy atom. The lowest BCUT2D eigenvalue weighted by molar-refractivity contribution is 0.0158. The van der Waals surface area contributed by atoms with Gasteiger partial charge in [0, 0.05) is 37.1 Å². The molecule has 1 saturated heterocycles. The first-order chi connectivity index (χ1) is 11.6. The molecule has 24 heavy (non-hydrogen) atoms. The number of hydrogen-bond acceptors (Lipinski definition) is 2. The van der Waals surface area contributed by atoms with Crippen LogP contribution in [0.1, 0.15) is 48.9 Å². The first kappa shape index (κ1) is 15.9. The normalized spacial score (nSPS) is 27.1. The fourth-order valence-corrected chi connectivity index (χ4v) is 4.50. The molecule has 2 aliphatic rings. The smallest absolute Gasteiger partial charge is 0.0361 e. The number of piperazine rings is 1. The van der Waals surface area contributed by atoms with Crippen molar-refractivity contribution in [2.24, 2.45) is 0 Å². The maximum atomic E-state index is 2.72. The van der Waals surface area contributed by atoms with Crippen LogP contribution < -0.4 is 0 Å². The Kier molecular flexibility index (Phi) is 3.98. The molecule has 2 atom stereocenters. The molecule has 2 heteroatoms. The van der Waals surface area contributed by atoms with E-state index in [4.69, 9.17) is 0 Å². The summed E-state index contributed by atoms with van der Waals surface area (Å²) in [6.45, 7) is 8.20. The largest absolute Gasteiger partial charge is 0.299 e. The highest BCUT2D eigenvalue weighted by Gasteiger charge is 2.39. The molecule has 126 valence electrons. The highest BCUT2D eigenvalue weighted by molar-refractivity contribution is 5.44. The highest BCUT2D eigenvalue weighted by atomic mass is 15.3. The van der Waals surface area contributed by atoms with Crippen LogP contribution in [-0.2, 0) is 0 Å². The van der Waals surface area contributed by atoms with E-state index < -0.39 is 0 Å². The van der Waals surface area contributed by atoms with Crippen molar-refractivity contribution in [1.29, 1.82) is 0 Å². The first-order valence-corrected chi connectivity index (χ1v) is 9.15. The van der Waals surface area contributed by atoms with Gasteiger partial charge in [0.25, 0.3) is 0 Å². The molecule has 2 aromatic carbocycles. The second kappa shape index (κ2) is 6.02. The van der Waals surface area contributed by atoms with Crippen LogP contribution in [0.15, 0.2) is 54.6 Å². The van der Waals surface area contributed by atoms with Crippen molar-refractivity contribution in [2.75, 3.05) is 26.7 Å². The van der Waals surface area contributed by atoms with Crippen LogP contribution in [0.3, 0.4) is 0 Å². The predicted octanol–water partition coefficient (Wildman–Crippen LogP) is 4.29. The Morgan fingerprint density at radius 1 is 0.875 bits per heavy atom. The van der Waals surface area contributed by atoms with Crippen LogP contribution in [0.2, 0.25) is 0 Å². The van der Waals surface area contributed by atoms with Gasteiger partial charge in [0.05, 0.1) is 0 Å². The van der Waals surface area contributed by atoms with Crippen molar-refractivity contribution >= 4 is 0 Å². The number of rotatable bonds is 2. The number of likely N-dealkylation sites (N-methyl/N-ethyl adjacent to an activating group) is 1. The summed E-state index contributed by atoms with van der Waals surface area (Å²) in [4.78, 5) is 5.22. The Bertz CT molecular complexity index is 707. The maximum Gasteiger partial charge on any atom is 0.0361 e. The third-order valence-corrected chi connectivity index (χ3v) is 6.18. The minimum atomic E-state index is 0.248. The van der Waals surface area contributed by atoms with E-state index in [0.29, 0.717) is 12.0 Å². The molecule has 0 spiro atoms. The van der Waals surface area contributed by atoms with Gasteiger partial charge < -0.3 is 0 Å². The lowest BCUT2D eigenvalue weighted by atomic mass is 9.93. The Labute approximate surface area is 146 Å². The van der Waals surface area contributed by atoms with Crippen molar-refractivity contribution in [1.82, 2.24) is 9.80 Å². The minimum absolute atomic E-state index is 0.248. The van der Waals surface area contributed by atoms with Crippen LogP contribution in [0, 0.1) is 0 Å². The van der Waals surface area contributed by atoms with Gasteiger partial charge in [0.1, 0.15) is 0 Å². The molecule has 4 rings (SSSR count). The molecule has 1 aliphatic carbocycles. The van der Waals surface area contributed by atoms with E-state index in [2.05, 4.69) is 85.3 Å². The monoisotopic (exact) mass is 320 g/mol. The zero-order valence-corrected chi connectivity index (χ0v) is 15.1. The molecule has 0 bridgehead atoms. The summed E-state index contributed by atoms with van der Waals surface area (Å²) >= 11 is 0. The summed E-state index contributed by atoms with van der Waals surface area (Å²) in [5.74, 6) is 0.537. The molecule has 0 aromatic heterocycles. The molecule has 0 unspecified atom stereocenters. The predicted molar refractivity (Wildman–Crippen MR) is 100 cm³/mol. The third kappa shape index (κ3) is 2.68. The van der Waals surface area contributed by atoms with Crippen molar-refractivity contribution < 1.29 is 0 Å². The van der Waals surface area contributed by atoms with Gasteiger partial charge in [-0.05, 0) is 44.0 Å².